The molecule has 2 amide bonds. The Bertz CT molecular complexity index is 823. The van der Waals surface area contributed by atoms with E-state index in [4.69, 9.17) is 11.2 Å². The minimum atomic E-state index is -0.749. The summed E-state index contributed by atoms with van der Waals surface area (Å²) in [6.45, 7) is 10.3. The van der Waals surface area contributed by atoms with Gasteiger partial charge >= 0.3 is 0 Å². The molecule has 1 fully saturated rings. The Morgan fingerprint density at radius 3 is 2.41 bits per heavy atom. The van der Waals surface area contributed by atoms with E-state index < -0.39 is 24.2 Å². The Hall–Kier alpha value is -2.40. The van der Waals surface area contributed by atoms with Crippen LogP contribution in [-0.4, -0.2) is 66.3 Å². The third-order valence-electron chi connectivity index (χ3n) is 5.61. The number of aliphatic hydroxyl groups is 1. The van der Waals surface area contributed by atoms with Gasteiger partial charge in [0.05, 0.1) is 24.8 Å². The first-order valence-corrected chi connectivity index (χ1v) is 11.1. The monoisotopic (exact) mass is 443 g/mol. The molecule has 0 spiro atoms. The lowest BCUT2D eigenvalue weighted by molar-refractivity contribution is -0.142. The van der Waals surface area contributed by atoms with E-state index in [0.29, 0.717) is 0 Å². The van der Waals surface area contributed by atoms with E-state index in [1.54, 1.807) is 7.11 Å². The molecular formula is C25H37N3O4. The number of benzene rings is 1. The van der Waals surface area contributed by atoms with Crippen LogP contribution in [0.4, 0.5) is 0 Å². The summed E-state index contributed by atoms with van der Waals surface area (Å²) < 4.78 is 5.31. The average molecular weight is 444 g/mol. The topological polar surface area (TPSA) is 90.9 Å². The van der Waals surface area contributed by atoms with Gasteiger partial charge in [-0.15, -0.1) is 6.42 Å². The van der Waals surface area contributed by atoms with Crippen molar-refractivity contribution < 1.29 is 19.4 Å². The summed E-state index contributed by atoms with van der Waals surface area (Å²) in [7, 11) is 1.57. The molecule has 0 aliphatic carbocycles. The summed E-state index contributed by atoms with van der Waals surface area (Å²) in [5.41, 5.74) is 1.25. The molecule has 0 radical (unpaired) electrons. The molecule has 1 aromatic rings. The molecule has 1 unspecified atom stereocenters. The van der Waals surface area contributed by atoms with E-state index >= 15 is 0 Å². The van der Waals surface area contributed by atoms with Crippen LogP contribution in [0, 0.1) is 17.8 Å². The van der Waals surface area contributed by atoms with Crippen LogP contribution in [0.2, 0.25) is 0 Å². The van der Waals surface area contributed by atoms with Crippen LogP contribution >= 0.6 is 0 Å². The number of carbonyl (C=O) groups is 2. The van der Waals surface area contributed by atoms with Crippen LogP contribution in [-0.2, 0) is 14.3 Å². The van der Waals surface area contributed by atoms with Crippen molar-refractivity contribution in [3.63, 3.8) is 0 Å². The van der Waals surface area contributed by atoms with E-state index in [1.165, 1.54) is 4.90 Å². The lowest BCUT2D eigenvalue weighted by atomic mass is 9.85. The molecule has 1 aliphatic heterocycles. The number of ether oxygens (including phenoxy) is 1. The Labute approximate surface area is 191 Å². The van der Waals surface area contributed by atoms with Crippen LogP contribution in [0.3, 0.4) is 0 Å². The number of terminal acetylenes is 1. The van der Waals surface area contributed by atoms with Gasteiger partial charge in [0.15, 0.2) is 0 Å². The highest BCUT2D eigenvalue weighted by Gasteiger charge is 2.44. The predicted molar refractivity (Wildman–Crippen MR) is 125 cm³/mol. The van der Waals surface area contributed by atoms with Crippen molar-refractivity contribution in [2.75, 3.05) is 20.3 Å². The maximum atomic E-state index is 13.5. The average Bonchev–Trinajstić information content (AvgIpc) is 3.12. The molecule has 3 N–H and O–H groups in total. The van der Waals surface area contributed by atoms with E-state index in [9.17, 15) is 14.7 Å². The molecule has 1 aliphatic rings. The third-order valence-corrected chi connectivity index (χ3v) is 5.61. The fraction of sp³-hybridized carbons (Fsp3) is 0.600. The Morgan fingerprint density at radius 1 is 1.28 bits per heavy atom. The molecule has 1 saturated heterocycles. The lowest BCUT2D eigenvalue weighted by Gasteiger charge is -2.36. The summed E-state index contributed by atoms with van der Waals surface area (Å²) in [5.74, 6) is 2.09. The molecule has 0 bridgehead atoms. The van der Waals surface area contributed by atoms with Gasteiger partial charge in [0, 0.05) is 31.7 Å². The fourth-order valence-corrected chi connectivity index (χ4v) is 3.96. The quantitative estimate of drug-likeness (QED) is 0.534. The summed E-state index contributed by atoms with van der Waals surface area (Å²) in [6.07, 6.45) is 4.88. The first-order chi connectivity index (χ1) is 15.0. The van der Waals surface area contributed by atoms with Crippen LogP contribution in [0.15, 0.2) is 24.3 Å². The maximum absolute atomic E-state index is 13.5. The molecule has 4 atom stereocenters. The first kappa shape index (κ1) is 25.9. The number of amides is 2. The number of nitrogens with zero attached hydrogens (tertiary/aromatic N) is 1. The van der Waals surface area contributed by atoms with Gasteiger partial charge in [-0.25, -0.2) is 0 Å². The van der Waals surface area contributed by atoms with E-state index in [0.717, 1.165) is 11.1 Å². The van der Waals surface area contributed by atoms with Crippen LogP contribution in [0.1, 0.15) is 58.2 Å². The first-order valence-electron chi connectivity index (χ1n) is 11.1. The second-order valence-electron chi connectivity index (χ2n) is 9.80. The summed E-state index contributed by atoms with van der Waals surface area (Å²) in [4.78, 5) is 28.2. The predicted octanol–water partition coefficient (Wildman–Crippen LogP) is 1.85. The Morgan fingerprint density at radius 2 is 1.91 bits per heavy atom. The number of β-amino-alcohol motifs (C(OH)–C–C–N with tert-alkyl or cyclic N) is 1. The zero-order chi connectivity index (χ0) is 24.1. The molecule has 7 nitrogen and oxygen atoms in total. The second kappa shape index (κ2) is 11.0. The summed E-state index contributed by atoms with van der Waals surface area (Å²) in [5, 5.41) is 16.6. The number of aliphatic hydroxyl groups excluding tert-OH is 1. The largest absolute Gasteiger partial charge is 0.391 e. The number of hydrogen-bond acceptors (Lipinski definition) is 5. The third kappa shape index (κ3) is 6.55. The maximum Gasteiger partial charge on any atom is 0.243 e. The molecule has 176 valence electrons. The molecule has 32 heavy (non-hydrogen) atoms. The van der Waals surface area contributed by atoms with Gasteiger partial charge in [-0.1, -0.05) is 52.7 Å². The van der Waals surface area contributed by atoms with Gasteiger partial charge in [-0.3, -0.25) is 9.59 Å². The van der Waals surface area contributed by atoms with Crippen molar-refractivity contribution in [3.05, 3.63) is 35.4 Å². The number of rotatable bonds is 8. The van der Waals surface area contributed by atoms with Crippen LogP contribution in [0.25, 0.3) is 0 Å². The van der Waals surface area contributed by atoms with Crippen molar-refractivity contribution >= 4 is 11.8 Å². The van der Waals surface area contributed by atoms with Crippen molar-refractivity contribution in [1.82, 2.24) is 15.5 Å². The molecule has 1 aromatic carbocycles. The van der Waals surface area contributed by atoms with Gasteiger partial charge in [0.25, 0.3) is 0 Å². The van der Waals surface area contributed by atoms with Crippen molar-refractivity contribution in [2.24, 2.45) is 5.41 Å². The summed E-state index contributed by atoms with van der Waals surface area (Å²) >= 11 is 0. The molecule has 0 saturated carbocycles. The fourth-order valence-electron chi connectivity index (χ4n) is 3.96. The minimum absolute atomic E-state index is 0.0973. The summed E-state index contributed by atoms with van der Waals surface area (Å²) in [6, 6.07) is 5.80. The zero-order valence-corrected chi connectivity index (χ0v) is 20.0. The van der Waals surface area contributed by atoms with Gasteiger partial charge < -0.3 is 25.4 Å². The minimum Gasteiger partial charge on any atom is -0.391 e. The zero-order valence-electron chi connectivity index (χ0n) is 20.0. The Balaban J connectivity index is 2.23. The molecule has 7 heteroatoms. The standard InChI is InChI=1S/C25H37N3O4/c1-8-17-9-11-18(12-10-17)20(15-32-7)27-23(30)21-13-19(29)14-28(21)24(31)22(25(4,5)6)26-16(2)3/h1,9-12,16,19-22,26,29H,13-15H2,2-7H3,(H,27,30)/t19-,20?,21+,22-/m1/s1. The van der Waals surface area contributed by atoms with E-state index in [1.807, 2.05) is 58.9 Å². The second-order valence-corrected chi connectivity index (χ2v) is 9.80. The van der Waals surface area contributed by atoms with Crippen LogP contribution < -0.4 is 10.6 Å². The van der Waals surface area contributed by atoms with Crippen molar-refractivity contribution in [3.8, 4) is 12.3 Å². The highest BCUT2D eigenvalue weighted by atomic mass is 16.5. The van der Waals surface area contributed by atoms with Gasteiger partial charge in [-0.2, -0.15) is 0 Å². The van der Waals surface area contributed by atoms with Crippen molar-refractivity contribution in [1.29, 1.82) is 0 Å². The SMILES string of the molecule is C#Cc1ccc(C(COC)NC(=O)[C@@H]2C[C@@H](O)CN2C(=O)[C@@H](NC(C)C)C(C)(C)C)cc1. The van der Waals surface area contributed by atoms with Gasteiger partial charge in [-0.05, 0) is 23.1 Å². The lowest BCUT2D eigenvalue weighted by Crippen LogP contribution is -2.58. The molecule has 2 rings (SSSR count). The number of likely N-dealkylation sites (tertiary alicyclic amines) is 1. The molecule has 1 heterocycles. The number of methoxy groups -OCH3 is 1. The molecular weight excluding hydrogens is 406 g/mol. The number of hydrogen-bond donors (Lipinski definition) is 3. The molecule has 0 aromatic heterocycles. The van der Waals surface area contributed by atoms with Crippen molar-refractivity contribution in [2.45, 2.75) is 71.3 Å². The van der Waals surface area contributed by atoms with Crippen LogP contribution in [0.5, 0.6) is 0 Å². The normalized spacial score (nSPS) is 20.7. The van der Waals surface area contributed by atoms with Gasteiger partial charge in [0.2, 0.25) is 11.8 Å². The van der Waals surface area contributed by atoms with Gasteiger partial charge in [0.1, 0.15) is 6.04 Å². The highest BCUT2D eigenvalue weighted by Crippen LogP contribution is 2.27. The van der Waals surface area contributed by atoms with E-state index in [-0.39, 0.29) is 42.8 Å². The Kier molecular flexibility index (Phi) is 8.85. The smallest absolute Gasteiger partial charge is 0.243 e. The van der Waals surface area contributed by atoms with E-state index in [2.05, 4.69) is 16.6 Å². The highest BCUT2D eigenvalue weighted by molar-refractivity contribution is 5.91. The number of nitrogens with one attached hydrogen (secondary N) is 2. The number of carbonyl (C=O) groups excluding carboxylic acids is 2.